The van der Waals surface area contributed by atoms with Gasteiger partial charge in [0.15, 0.2) is 0 Å². The summed E-state index contributed by atoms with van der Waals surface area (Å²) in [5.41, 5.74) is 1.46. The van der Waals surface area contributed by atoms with Crippen molar-refractivity contribution in [1.82, 2.24) is 10.2 Å². The predicted molar refractivity (Wildman–Crippen MR) is 84.8 cm³/mol. The molecule has 1 aromatic heterocycles. The van der Waals surface area contributed by atoms with E-state index in [2.05, 4.69) is 49.4 Å². The van der Waals surface area contributed by atoms with Gasteiger partial charge in [0.2, 0.25) is 0 Å². The third-order valence-electron chi connectivity index (χ3n) is 4.16. The highest BCUT2D eigenvalue weighted by molar-refractivity contribution is 7.10. The molecule has 2 nitrogen and oxygen atoms in total. The number of aryl methyl sites for hydroxylation is 1. The van der Waals surface area contributed by atoms with Crippen LogP contribution in [0.1, 0.15) is 44.1 Å². The first-order valence-electron chi connectivity index (χ1n) is 7.60. The minimum absolute atomic E-state index is 0.670. The van der Waals surface area contributed by atoms with Crippen LogP contribution in [0.5, 0.6) is 0 Å². The summed E-state index contributed by atoms with van der Waals surface area (Å²) in [6, 6.07) is 3.61. The van der Waals surface area contributed by atoms with Crippen LogP contribution in [0.2, 0.25) is 0 Å². The van der Waals surface area contributed by atoms with Gasteiger partial charge in [0.1, 0.15) is 0 Å². The van der Waals surface area contributed by atoms with Gasteiger partial charge in [-0.05, 0) is 42.7 Å². The number of hydrogen-bond acceptors (Lipinski definition) is 3. The van der Waals surface area contributed by atoms with Crippen molar-refractivity contribution < 1.29 is 0 Å². The maximum absolute atomic E-state index is 3.74. The third-order valence-corrected chi connectivity index (χ3v) is 5.16. The highest BCUT2D eigenvalue weighted by atomic mass is 32.1. The lowest BCUT2D eigenvalue weighted by Crippen LogP contribution is -2.56. The quantitative estimate of drug-likeness (QED) is 0.885. The fourth-order valence-corrected chi connectivity index (χ4v) is 3.93. The molecule has 1 N–H and O–H groups in total. The van der Waals surface area contributed by atoms with E-state index in [0.29, 0.717) is 12.1 Å². The zero-order valence-corrected chi connectivity index (χ0v) is 13.6. The maximum Gasteiger partial charge on any atom is 0.0334 e. The summed E-state index contributed by atoms with van der Waals surface area (Å²) in [7, 11) is 0. The molecule has 19 heavy (non-hydrogen) atoms. The van der Waals surface area contributed by atoms with Crippen molar-refractivity contribution in [3.63, 3.8) is 0 Å². The first-order valence-corrected chi connectivity index (χ1v) is 8.48. The molecule has 0 aliphatic carbocycles. The second-order valence-electron chi connectivity index (χ2n) is 6.25. The molecule has 1 aliphatic rings. The molecule has 1 aliphatic heterocycles. The summed E-state index contributed by atoms with van der Waals surface area (Å²) in [6.45, 7) is 12.7. The van der Waals surface area contributed by atoms with E-state index >= 15 is 0 Å². The molecule has 0 aromatic carbocycles. The monoisotopic (exact) mass is 280 g/mol. The largest absolute Gasteiger partial charge is 0.311 e. The SMILES string of the molecule is CCC1CNC(CC(C)C)CN1Cc1sccc1C. The van der Waals surface area contributed by atoms with Crippen LogP contribution >= 0.6 is 11.3 Å². The van der Waals surface area contributed by atoms with E-state index in [1.807, 2.05) is 11.3 Å². The maximum atomic E-state index is 3.74. The molecule has 0 spiro atoms. The molecule has 2 atom stereocenters. The Bertz CT molecular complexity index is 386. The van der Waals surface area contributed by atoms with Crippen molar-refractivity contribution >= 4 is 11.3 Å². The summed E-state index contributed by atoms with van der Waals surface area (Å²) in [5, 5.41) is 5.96. The second-order valence-corrected chi connectivity index (χ2v) is 7.25. The van der Waals surface area contributed by atoms with E-state index in [9.17, 15) is 0 Å². The average molecular weight is 280 g/mol. The van der Waals surface area contributed by atoms with Crippen LogP contribution in [-0.2, 0) is 6.54 Å². The Morgan fingerprint density at radius 1 is 1.47 bits per heavy atom. The summed E-state index contributed by atoms with van der Waals surface area (Å²) >= 11 is 1.91. The first-order chi connectivity index (χ1) is 9.10. The topological polar surface area (TPSA) is 15.3 Å². The fourth-order valence-electron chi connectivity index (χ4n) is 3.00. The molecule has 2 heterocycles. The molecule has 108 valence electrons. The van der Waals surface area contributed by atoms with E-state index in [-0.39, 0.29) is 0 Å². The number of piperazine rings is 1. The molecule has 0 bridgehead atoms. The molecule has 2 rings (SSSR count). The first kappa shape index (κ1) is 15.0. The fraction of sp³-hybridized carbons (Fsp3) is 0.750. The van der Waals surface area contributed by atoms with Gasteiger partial charge in [-0.2, -0.15) is 0 Å². The standard InChI is InChI=1S/C16H28N2S/c1-5-15-9-17-14(8-12(2)3)10-18(15)11-16-13(4)6-7-19-16/h6-7,12,14-15,17H,5,8-11H2,1-4H3. The van der Waals surface area contributed by atoms with Gasteiger partial charge in [-0.3, -0.25) is 4.90 Å². The van der Waals surface area contributed by atoms with Gasteiger partial charge in [-0.1, -0.05) is 20.8 Å². The number of hydrogen-bond donors (Lipinski definition) is 1. The van der Waals surface area contributed by atoms with E-state index in [4.69, 9.17) is 0 Å². The van der Waals surface area contributed by atoms with Gasteiger partial charge >= 0.3 is 0 Å². The molecule has 1 saturated heterocycles. The van der Waals surface area contributed by atoms with Crippen LogP contribution in [0.4, 0.5) is 0 Å². The Hall–Kier alpha value is -0.380. The van der Waals surface area contributed by atoms with Gasteiger partial charge < -0.3 is 5.32 Å². The van der Waals surface area contributed by atoms with E-state index in [0.717, 1.165) is 19.0 Å². The summed E-state index contributed by atoms with van der Waals surface area (Å²) < 4.78 is 0. The van der Waals surface area contributed by atoms with Crippen molar-refractivity contribution in [1.29, 1.82) is 0 Å². The van der Waals surface area contributed by atoms with Crippen molar-refractivity contribution in [2.45, 2.75) is 59.2 Å². The molecular weight excluding hydrogens is 252 g/mol. The second kappa shape index (κ2) is 6.87. The van der Waals surface area contributed by atoms with E-state index in [1.54, 1.807) is 4.88 Å². The highest BCUT2D eigenvalue weighted by Gasteiger charge is 2.27. The van der Waals surface area contributed by atoms with Crippen LogP contribution in [-0.4, -0.2) is 30.1 Å². The molecule has 1 fully saturated rings. The molecule has 0 amide bonds. The Labute approximate surface area is 122 Å². The number of rotatable bonds is 5. The lowest BCUT2D eigenvalue weighted by molar-refractivity contribution is 0.112. The molecule has 0 radical (unpaired) electrons. The van der Waals surface area contributed by atoms with Gasteiger partial charge in [0.05, 0.1) is 0 Å². The molecule has 1 aromatic rings. The van der Waals surface area contributed by atoms with Gasteiger partial charge in [-0.15, -0.1) is 11.3 Å². The Kier molecular flexibility index (Phi) is 5.43. The van der Waals surface area contributed by atoms with Crippen LogP contribution in [0.3, 0.4) is 0 Å². The highest BCUT2D eigenvalue weighted by Crippen LogP contribution is 2.22. The van der Waals surface area contributed by atoms with Crippen molar-refractivity contribution in [2.24, 2.45) is 5.92 Å². The Morgan fingerprint density at radius 2 is 2.26 bits per heavy atom. The average Bonchev–Trinajstić information content (AvgIpc) is 2.75. The van der Waals surface area contributed by atoms with Crippen LogP contribution in [0.25, 0.3) is 0 Å². The molecule has 3 heteroatoms. The Balaban J connectivity index is 1.99. The zero-order valence-electron chi connectivity index (χ0n) is 12.8. The molecule has 0 saturated carbocycles. The van der Waals surface area contributed by atoms with E-state index < -0.39 is 0 Å². The molecular formula is C16H28N2S. The minimum Gasteiger partial charge on any atom is -0.311 e. The third kappa shape index (κ3) is 4.04. The van der Waals surface area contributed by atoms with Gasteiger partial charge in [0.25, 0.3) is 0 Å². The lowest BCUT2D eigenvalue weighted by Gasteiger charge is -2.40. The Morgan fingerprint density at radius 3 is 2.84 bits per heavy atom. The van der Waals surface area contributed by atoms with E-state index in [1.165, 1.54) is 24.9 Å². The number of nitrogens with one attached hydrogen (secondary N) is 1. The molecule has 2 unspecified atom stereocenters. The minimum atomic E-state index is 0.670. The summed E-state index contributed by atoms with van der Waals surface area (Å²) in [5.74, 6) is 0.779. The number of nitrogens with zero attached hydrogens (tertiary/aromatic N) is 1. The number of thiophene rings is 1. The predicted octanol–water partition coefficient (Wildman–Crippen LogP) is 3.66. The van der Waals surface area contributed by atoms with Gasteiger partial charge in [-0.25, -0.2) is 0 Å². The smallest absolute Gasteiger partial charge is 0.0334 e. The summed E-state index contributed by atoms with van der Waals surface area (Å²) in [4.78, 5) is 4.24. The van der Waals surface area contributed by atoms with Crippen LogP contribution < -0.4 is 5.32 Å². The zero-order chi connectivity index (χ0) is 13.8. The van der Waals surface area contributed by atoms with Crippen molar-refractivity contribution in [3.8, 4) is 0 Å². The van der Waals surface area contributed by atoms with Crippen molar-refractivity contribution in [2.75, 3.05) is 13.1 Å². The summed E-state index contributed by atoms with van der Waals surface area (Å²) in [6.07, 6.45) is 2.53. The van der Waals surface area contributed by atoms with Crippen LogP contribution in [0.15, 0.2) is 11.4 Å². The normalized spacial score (nSPS) is 25.1. The van der Waals surface area contributed by atoms with Crippen LogP contribution in [0, 0.1) is 12.8 Å². The van der Waals surface area contributed by atoms with Gasteiger partial charge in [0, 0.05) is 36.6 Å². The van der Waals surface area contributed by atoms with Crippen molar-refractivity contribution in [3.05, 3.63) is 21.9 Å². The lowest BCUT2D eigenvalue weighted by atomic mass is 9.99.